The lowest BCUT2D eigenvalue weighted by atomic mass is 10.1. The van der Waals surface area contributed by atoms with Crippen molar-refractivity contribution in [1.82, 2.24) is 10.3 Å². The Bertz CT molecular complexity index is 737. The lowest BCUT2D eigenvalue weighted by Gasteiger charge is -2.14. The Morgan fingerprint density at radius 3 is 2.76 bits per heavy atom. The fraction of sp³-hybridized carbons (Fsp3) is 0.188. The molecule has 0 radical (unpaired) electrons. The Balaban J connectivity index is 1.73. The van der Waals surface area contributed by atoms with Crippen LogP contribution in [0, 0.1) is 11.6 Å². The Hall–Kier alpha value is -1.85. The molecule has 0 aliphatic carbocycles. The second kappa shape index (κ2) is 5.87. The van der Waals surface area contributed by atoms with Crippen LogP contribution in [-0.2, 0) is 6.54 Å². The van der Waals surface area contributed by atoms with Gasteiger partial charge in [-0.15, -0.1) is 11.3 Å². The monoisotopic (exact) mass is 304 g/mol. The molecule has 1 N–H and O–H groups in total. The molecule has 3 rings (SSSR count). The maximum atomic E-state index is 13.7. The van der Waals surface area contributed by atoms with Gasteiger partial charge in [0, 0.05) is 18.2 Å². The molecule has 0 amide bonds. The van der Waals surface area contributed by atoms with Gasteiger partial charge in [-0.3, -0.25) is 0 Å². The van der Waals surface area contributed by atoms with E-state index in [-0.39, 0.29) is 6.04 Å². The Morgan fingerprint density at radius 1 is 1.14 bits per heavy atom. The van der Waals surface area contributed by atoms with E-state index in [2.05, 4.69) is 10.3 Å². The van der Waals surface area contributed by atoms with Crippen LogP contribution in [0.5, 0.6) is 0 Å². The summed E-state index contributed by atoms with van der Waals surface area (Å²) >= 11 is 1.60. The van der Waals surface area contributed by atoms with E-state index >= 15 is 0 Å². The number of hydrogen-bond acceptors (Lipinski definition) is 3. The van der Waals surface area contributed by atoms with E-state index in [1.807, 2.05) is 31.2 Å². The number of hydrogen-bond donors (Lipinski definition) is 1. The molecule has 0 spiro atoms. The zero-order valence-corrected chi connectivity index (χ0v) is 12.3. The third kappa shape index (κ3) is 2.94. The molecule has 0 saturated carbocycles. The third-order valence-corrected chi connectivity index (χ3v) is 4.38. The van der Waals surface area contributed by atoms with E-state index in [0.717, 1.165) is 21.3 Å². The number of nitrogens with zero attached hydrogens (tertiary/aromatic N) is 1. The molecule has 0 bridgehead atoms. The van der Waals surface area contributed by atoms with Gasteiger partial charge in [-0.2, -0.15) is 0 Å². The van der Waals surface area contributed by atoms with Gasteiger partial charge in [-0.1, -0.05) is 24.3 Å². The minimum atomic E-state index is -0.818. The van der Waals surface area contributed by atoms with Gasteiger partial charge in [0.1, 0.15) is 5.01 Å². The topological polar surface area (TPSA) is 24.9 Å². The van der Waals surface area contributed by atoms with E-state index < -0.39 is 11.6 Å². The lowest BCUT2D eigenvalue weighted by Crippen LogP contribution is -2.19. The van der Waals surface area contributed by atoms with Crippen LogP contribution >= 0.6 is 11.3 Å². The van der Waals surface area contributed by atoms with E-state index in [0.29, 0.717) is 12.1 Å². The van der Waals surface area contributed by atoms with Crippen molar-refractivity contribution < 1.29 is 8.78 Å². The average molecular weight is 304 g/mol. The molecule has 2 aromatic carbocycles. The second-order valence-electron chi connectivity index (χ2n) is 4.82. The number of thiazole rings is 1. The Kier molecular flexibility index (Phi) is 3.94. The SMILES string of the molecule is CC(NCc1nc2ccccc2s1)c1cccc(F)c1F. The number of aromatic nitrogens is 1. The van der Waals surface area contributed by atoms with Crippen LogP contribution in [0.4, 0.5) is 8.78 Å². The van der Waals surface area contributed by atoms with Gasteiger partial charge in [0.05, 0.1) is 10.2 Å². The summed E-state index contributed by atoms with van der Waals surface area (Å²) in [5, 5.41) is 4.12. The van der Waals surface area contributed by atoms with Gasteiger partial charge < -0.3 is 5.32 Å². The van der Waals surface area contributed by atoms with Crippen molar-refractivity contribution in [3.8, 4) is 0 Å². The van der Waals surface area contributed by atoms with Gasteiger partial charge in [0.15, 0.2) is 11.6 Å². The van der Waals surface area contributed by atoms with Crippen molar-refractivity contribution in [2.45, 2.75) is 19.5 Å². The number of halogens is 2. The normalized spacial score (nSPS) is 12.7. The van der Waals surface area contributed by atoms with Crippen molar-refractivity contribution in [3.63, 3.8) is 0 Å². The van der Waals surface area contributed by atoms with Crippen LogP contribution in [0.1, 0.15) is 23.5 Å². The molecule has 0 aliphatic rings. The molecule has 2 nitrogen and oxygen atoms in total. The summed E-state index contributed by atoms with van der Waals surface area (Å²) in [6.07, 6.45) is 0. The van der Waals surface area contributed by atoms with Crippen LogP contribution in [0.15, 0.2) is 42.5 Å². The van der Waals surface area contributed by atoms with Crippen LogP contribution in [0.3, 0.4) is 0 Å². The second-order valence-corrected chi connectivity index (χ2v) is 5.94. The summed E-state index contributed by atoms with van der Waals surface area (Å²) in [6, 6.07) is 11.9. The first-order valence-corrected chi connectivity index (χ1v) is 7.48. The first-order chi connectivity index (χ1) is 10.1. The van der Waals surface area contributed by atoms with Gasteiger partial charge in [0.2, 0.25) is 0 Å². The standard InChI is InChI=1S/C16H14F2N2S/c1-10(11-5-4-6-12(17)16(11)18)19-9-15-20-13-7-2-3-8-14(13)21-15/h2-8,10,19H,9H2,1H3. The highest BCUT2D eigenvalue weighted by Crippen LogP contribution is 2.23. The molecule has 108 valence electrons. The van der Waals surface area contributed by atoms with Crippen molar-refractivity contribution >= 4 is 21.6 Å². The zero-order chi connectivity index (χ0) is 14.8. The number of benzene rings is 2. The predicted molar refractivity (Wildman–Crippen MR) is 81.2 cm³/mol. The maximum absolute atomic E-state index is 13.7. The summed E-state index contributed by atoms with van der Waals surface area (Å²) in [5.74, 6) is -1.61. The molecule has 1 aromatic heterocycles. The third-order valence-electron chi connectivity index (χ3n) is 3.35. The molecule has 3 aromatic rings. The molecule has 1 unspecified atom stereocenters. The molecule has 21 heavy (non-hydrogen) atoms. The molecule has 0 fully saturated rings. The number of nitrogens with one attached hydrogen (secondary N) is 1. The molecule has 1 atom stereocenters. The number of para-hydroxylation sites is 1. The summed E-state index contributed by atoms with van der Waals surface area (Å²) in [6.45, 7) is 2.33. The largest absolute Gasteiger partial charge is 0.304 e. The quantitative estimate of drug-likeness (QED) is 0.771. The molecular weight excluding hydrogens is 290 g/mol. The molecule has 0 aliphatic heterocycles. The van der Waals surface area contributed by atoms with E-state index in [1.54, 1.807) is 17.4 Å². The maximum Gasteiger partial charge on any atom is 0.163 e. The first-order valence-electron chi connectivity index (χ1n) is 6.67. The molecule has 1 heterocycles. The smallest absolute Gasteiger partial charge is 0.163 e. The zero-order valence-electron chi connectivity index (χ0n) is 11.4. The summed E-state index contributed by atoms with van der Waals surface area (Å²) in [4.78, 5) is 4.51. The van der Waals surface area contributed by atoms with Crippen LogP contribution in [0.25, 0.3) is 10.2 Å². The highest BCUT2D eigenvalue weighted by atomic mass is 32.1. The Morgan fingerprint density at radius 2 is 1.95 bits per heavy atom. The minimum Gasteiger partial charge on any atom is -0.304 e. The molecule has 0 saturated heterocycles. The van der Waals surface area contributed by atoms with Crippen molar-refractivity contribution in [3.05, 3.63) is 64.7 Å². The van der Waals surface area contributed by atoms with E-state index in [1.165, 1.54) is 6.07 Å². The van der Waals surface area contributed by atoms with Crippen LogP contribution < -0.4 is 5.32 Å². The lowest BCUT2D eigenvalue weighted by molar-refractivity contribution is 0.472. The van der Waals surface area contributed by atoms with Crippen LogP contribution in [-0.4, -0.2) is 4.98 Å². The Labute approximate surface area is 125 Å². The summed E-state index contributed by atoms with van der Waals surface area (Å²) in [5.41, 5.74) is 1.29. The summed E-state index contributed by atoms with van der Waals surface area (Å²) in [7, 11) is 0. The van der Waals surface area contributed by atoms with Crippen molar-refractivity contribution in [2.24, 2.45) is 0 Å². The number of rotatable bonds is 4. The highest BCUT2D eigenvalue weighted by Gasteiger charge is 2.14. The average Bonchev–Trinajstić information content (AvgIpc) is 2.90. The first kappa shape index (κ1) is 14.1. The van der Waals surface area contributed by atoms with Crippen LogP contribution in [0.2, 0.25) is 0 Å². The predicted octanol–water partition coefficient (Wildman–Crippen LogP) is 4.43. The van der Waals surface area contributed by atoms with Gasteiger partial charge >= 0.3 is 0 Å². The molecule has 5 heteroatoms. The highest BCUT2D eigenvalue weighted by molar-refractivity contribution is 7.18. The minimum absolute atomic E-state index is 0.285. The number of fused-ring (bicyclic) bond motifs is 1. The van der Waals surface area contributed by atoms with E-state index in [9.17, 15) is 8.78 Å². The van der Waals surface area contributed by atoms with Gasteiger partial charge in [-0.05, 0) is 25.1 Å². The van der Waals surface area contributed by atoms with Gasteiger partial charge in [-0.25, -0.2) is 13.8 Å². The summed E-state index contributed by atoms with van der Waals surface area (Å²) < 4.78 is 28.1. The van der Waals surface area contributed by atoms with Gasteiger partial charge in [0.25, 0.3) is 0 Å². The fourth-order valence-electron chi connectivity index (χ4n) is 2.20. The van der Waals surface area contributed by atoms with Crippen molar-refractivity contribution in [2.75, 3.05) is 0 Å². The molecular formula is C16H14F2N2S. The fourth-order valence-corrected chi connectivity index (χ4v) is 3.12. The van der Waals surface area contributed by atoms with Crippen molar-refractivity contribution in [1.29, 1.82) is 0 Å². The van der Waals surface area contributed by atoms with E-state index in [4.69, 9.17) is 0 Å².